The summed E-state index contributed by atoms with van der Waals surface area (Å²) in [5.41, 5.74) is 7.33. The molecule has 1 aromatic carbocycles. The van der Waals surface area contributed by atoms with E-state index in [0.29, 0.717) is 6.04 Å². The van der Waals surface area contributed by atoms with Gasteiger partial charge in [0.1, 0.15) is 0 Å². The van der Waals surface area contributed by atoms with Crippen LogP contribution in [0.4, 0.5) is 0 Å². The number of rotatable bonds is 5. The molecule has 1 atom stereocenters. The van der Waals surface area contributed by atoms with E-state index in [1.807, 2.05) is 0 Å². The lowest BCUT2D eigenvalue weighted by atomic mass is 10.0. The van der Waals surface area contributed by atoms with Gasteiger partial charge < -0.3 is 10.6 Å². The van der Waals surface area contributed by atoms with Crippen LogP contribution in [0.15, 0.2) is 30.3 Å². The van der Waals surface area contributed by atoms with Crippen molar-refractivity contribution in [3.05, 3.63) is 35.9 Å². The molecule has 1 aromatic rings. The number of hydrogen-bond acceptors (Lipinski definition) is 2. The SMILES string of the molecule is CCCC(N)CCc1ccccc1.O=PO. The molecule has 0 aromatic heterocycles. The zero-order valence-electron chi connectivity index (χ0n) is 9.67. The Labute approximate surface area is 99.0 Å². The first-order chi connectivity index (χ1) is 7.74. The van der Waals surface area contributed by atoms with Gasteiger partial charge in [0.25, 0.3) is 0 Å². The highest BCUT2D eigenvalue weighted by atomic mass is 31.1. The first kappa shape index (κ1) is 15.2. The summed E-state index contributed by atoms with van der Waals surface area (Å²) in [5, 5.41) is 0. The van der Waals surface area contributed by atoms with E-state index >= 15 is 0 Å². The van der Waals surface area contributed by atoms with Crippen LogP contribution >= 0.6 is 8.69 Å². The predicted molar refractivity (Wildman–Crippen MR) is 67.5 cm³/mol. The standard InChI is InChI=1S/C12H19N.HO2P/c1-2-6-12(13)10-9-11-7-4-3-5-8-11;1-3-2/h3-5,7-8,12H,2,6,9-10,13H2,1H3;(H,1,2). The number of aryl methyl sites for hydroxylation is 1. The second-order valence-electron chi connectivity index (χ2n) is 3.65. The zero-order valence-corrected chi connectivity index (χ0v) is 10.6. The minimum atomic E-state index is -0.833. The molecule has 0 saturated carbocycles. The van der Waals surface area contributed by atoms with Gasteiger partial charge in [-0.2, -0.15) is 0 Å². The van der Waals surface area contributed by atoms with Gasteiger partial charge in [0, 0.05) is 6.04 Å². The maximum Gasteiger partial charge on any atom is 0.324 e. The summed E-state index contributed by atoms with van der Waals surface area (Å²) in [6, 6.07) is 10.9. The average molecular weight is 241 g/mol. The van der Waals surface area contributed by atoms with Crippen molar-refractivity contribution in [2.45, 2.75) is 38.6 Å². The number of hydrogen-bond donors (Lipinski definition) is 2. The Morgan fingerprint density at radius 2 is 1.88 bits per heavy atom. The summed E-state index contributed by atoms with van der Waals surface area (Å²) in [5.74, 6) is 0. The van der Waals surface area contributed by atoms with Crippen molar-refractivity contribution in [3.8, 4) is 0 Å². The van der Waals surface area contributed by atoms with E-state index in [1.165, 1.54) is 12.0 Å². The molecule has 1 rings (SSSR count). The van der Waals surface area contributed by atoms with Crippen LogP contribution in [-0.4, -0.2) is 10.9 Å². The van der Waals surface area contributed by atoms with E-state index in [9.17, 15) is 0 Å². The molecule has 1 unspecified atom stereocenters. The summed E-state index contributed by atoms with van der Waals surface area (Å²) in [4.78, 5) is 6.99. The van der Waals surface area contributed by atoms with Crippen LogP contribution in [0.5, 0.6) is 0 Å². The molecule has 0 aliphatic carbocycles. The second-order valence-corrected chi connectivity index (χ2v) is 3.82. The molecule has 90 valence electrons. The third-order valence-electron chi connectivity index (χ3n) is 2.31. The second kappa shape index (κ2) is 10.7. The summed E-state index contributed by atoms with van der Waals surface area (Å²) >= 11 is 0. The smallest absolute Gasteiger partial charge is 0.324 e. The molecule has 0 aliphatic rings. The van der Waals surface area contributed by atoms with E-state index in [1.54, 1.807) is 0 Å². The lowest BCUT2D eigenvalue weighted by Crippen LogP contribution is -2.20. The van der Waals surface area contributed by atoms with Crippen LogP contribution in [0, 0.1) is 0 Å². The zero-order chi connectivity index (χ0) is 12.2. The van der Waals surface area contributed by atoms with Crippen LogP contribution < -0.4 is 5.73 Å². The highest BCUT2D eigenvalue weighted by Crippen LogP contribution is 2.06. The predicted octanol–water partition coefficient (Wildman–Crippen LogP) is 2.93. The maximum atomic E-state index is 8.46. The minimum absolute atomic E-state index is 0.380. The maximum absolute atomic E-state index is 8.46. The van der Waals surface area contributed by atoms with Crippen molar-refractivity contribution in [2.75, 3.05) is 0 Å². The van der Waals surface area contributed by atoms with E-state index < -0.39 is 8.69 Å². The number of benzene rings is 1. The first-order valence-electron chi connectivity index (χ1n) is 5.50. The van der Waals surface area contributed by atoms with Crippen molar-refractivity contribution >= 4 is 8.69 Å². The lowest BCUT2D eigenvalue weighted by molar-refractivity contribution is 0.524. The van der Waals surface area contributed by atoms with Gasteiger partial charge in [-0.25, -0.2) is 4.57 Å². The highest BCUT2D eigenvalue weighted by Gasteiger charge is 2.00. The molecule has 4 heteroatoms. The van der Waals surface area contributed by atoms with E-state index in [4.69, 9.17) is 15.2 Å². The molecule has 0 spiro atoms. The Morgan fingerprint density at radius 1 is 1.31 bits per heavy atom. The van der Waals surface area contributed by atoms with Crippen molar-refractivity contribution in [1.29, 1.82) is 0 Å². The van der Waals surface area contributed by atoms with Gasteiger partial charge in [0.15, 0.2) is 0 Å². The molecule has 0 amide bonds. The summed E-state index contributed by atoms with van der Waals surface area (Å²) in [7, 11) is -0.833. The summed E-state index contributed by atoms with van der Waals surface area (Å²) in [6.45, 7) is 2.18. The summed E-state index contributed by atoms with van der Waals surface area (Å²) in [6.07, 6.45) is 4.56. The Bertz CT molecular complexity index is 267. The van der Waals surface area contributed by atoms with Crippen LogP contribution in [-0.2, 0) is 11.0 Å². The molecular weight excluding hydrogens is 221 g/mol. The average Bonchev–Trinajstić information content (AvgIpc) is 2.29. The molecule has 16 heavy (non-hydrogen) atoms. The van der Waals surface area contributed by atoms with Crippen LogP contribution in [0.2, 0.25) is 0 Å². The minimum Gasteiger partial charge on any atom is -0.328 e. The normalized spacial score (nSPS) is 11.7. The van der Waals surface area contributed by atoms with Gasteiger partial charge >= 0.3 is 8.69 Å². The largest absolute Gasteiger partial charge is 0.328 e. The molecule has 3 N–H and O–H groups in total. The molecule has 0 saturated heterocycles. The third kappa shape index (κ3) is 8.54. The monoisotopic (exact) mass is 241 g/mol. The molecule has 0 fully saturated rings. The van der Waals surface area contributed by atoms with Gasteiger partial charge in [-0.1, -0.05) is 43.7 Å². The fraction of sp³-hybridized carbons (Fsp3) is 0.500. The molecule has 0 radical (unpaired) electrons. The van der Waals surface area contributed by atoms with E-state index in [0.717, 1.165) is 19.3 Å². The van der Waals surface area contributed by atoms with E-state index in [-0.39, 0.29) is 0 Å². The molecule has 0 heterocycles. The Morgan fingerprint density at radius 3 is 2.38 bits per heavy atom. The van der Waals surface area contributed by atoms with Gasteiger partial charge in [-0.15, -0.1) is 0 Å². The van der Waals surface area contributed by atoms with Crippen molar-refractivity contribution < 1.29 is 9.46 Å². The van der Waals surface area contributed by atoms with Gasteiger partial charge in [-0.3, -0.25) is 0 Å². The molecule has 3 nitrogen and oxygen atoms in total. The van der Waals surface area contributed by atoms with Gasteiger partial charge in [0.05, 0.1) is 0 Å². The van der Waals surface area contributed by atoms with Gasteiger partial charge in [-0.05, 0) is 24.8 Å². The quantitative estimate of drug-likeness (QED) is 0.779. The molecule has 0 bridgehead atoms. The Balaban J connectivity index is 0.000000673. The van der Waals surface area contributed by atoms with Crippen molar-refractivity contribution in [3.63, 3.8) is 0 Å². The van der Waals surface area contributed by atoms with Gasteiger partial charge in [0.2, 0.25) is 0 Å². The van der Waals surface area contributed by atoms with Crippen molar-refractivity contribution in [1.82, 2.24) is 0 Å². The summed E-state index contributed by atoms with van der Waals surface area (Å²) < 4.78 is 8.46. The first-order valence-corrected chi connectivity index (χ1v) is 6.27. The fourth-order valence-electron chi connectivity index (χ4n) is 1.51. The van der Waals surface area contributed by atoms with Crippen molar-refractivity contribution in [2.24, 2.45) is 5.73 Å². The lowest BCUT2D eigenvalue weighted by Gasteiger charge is -2.09. The third-order valence-corrected chi connectivity index (χ3v) is 2.31. The van der Waals surface area contributed by atoms with E-state index in [2.05, 4.69) is 37.3 Å². The topological polar surface area (TPSA) is 63.3 Å². The molecular formula is C12H20NO2P. The van der Waals surface area contributed by atoms with Crippen LogP contribution in [0.1, 0.15) is 31.7 Å². The van der Waals surface area contributed by atoms with Crippen LogP contribution in [0.25, 0.3) is 0 Å². The Hall–Kier alpha value is -0.760. The fourth-order valence-corrected chi connectivity index (χ4v) is 1.51. The molecule has 0 aliphatic heterocycles. The highest BCUT2D eigenvalue weighted by molar-refractivity contribution is 7.16. The van der Waals surface area contributed by atoms with Crippen LogP contribution in [0.3, 0.4) is 0 Å². The Kier molecular flexibility index (Phi) is 10.2. The number of nitrogens with two attached hydrogens (primary N) is 1.